The average Bonchev–Trinajstić information content (AvgIpc) is 2.98. The van der Waals surface area contributed by atoms with E-state index in [-0.39, 0.29) is 24.7 Å². The maximum atomic E-state index is 15.1. The number of rotatable bonds is 11. The summed E-state index contributed by atoms with van der Waals surface area (Å²) >= 11 is 6.08. The molecular weight excluding hydrogens is 405 g/mol. The van der Waals surface area contributed by atoms with Crippen molar-refractivity contribution in [3.05, 3.63) is 22.7 Å². The number of esters is 1. The van der Waals surface area contributed by atoms with Crippen molar-refractivity contribution in [2.24, 2.45) is 0 Å². The lowest BCUT2D eigenvalue weighted by Gasteiger charge is -2.30. The molecule has 8 nitrogen and oxygen atoms in total. The fourth-order valence-corrected chi connectivity index (χ4v) is 3.69. The molecule has 10 heteroatoms. The number of aromatic nitrogens is 2. The second-order valence-electron chi connectivity index (χ2n) is 7.17. The van der Waals surface area contributed by atoms with Gasteiger partial charge in [0, 0.05) is 19.7 Å². The highest BCUT2D eigenvalue weighted by Gasteiger charge is 2.57. The smallest absolute Gasteiger partial charge is 0.351 e. The standard InChI is InChI=1S/C19H29ClFN3O5/c1-3-4-5-6-7-8-14(25)28-12-19(11-20)16(27-2)15(21)17(29-19)24-10-9-13(22)23-18(24)26/h9-10,15-17H,3-8,11-12H2,1-2H3,(H2,22,23,26)/t15-,16+,17-,19-/m1/s1. The highest BCUT2D eigenvalue weighted by Crippen LogP contribution is 2.41. The lowest BCUT2D eigenvalue weighted by Crippen LogP contribution is -2.49. The summed E-state index contributed by atoms with van der Waals surface area (Å²) < 4.78 is 32.5. The SMILES string of the molecule is CCCCCCCC(=O)OC[C@@]1(CCl)O[C@@H](n2ccc(N)nc2=O)[C@H](F)[C@@H]1OC. The van der Waals surface area contributed by atoms with Gasteiger partial charge in [-0.3, -0.25) is 9.36 Å². The maximum absolute atomic E-state index is 15.1. The number of hydrogen-bond acceptors (Lipinski definition) is 7. The van der Waals surface area contributed by atoms with Gasteiger partial charge in [-0.25, -0.2) is 9.18 Å². The summed E-state index contributed by atoms with van der Waals surface area (Å²) in [6.45, 7) is 1.84. The molecule has 29 heavy (non-hydrogen) atoms. The van der Waals surface area contributed by atoms with E-state index in [9.17, 15) is 9.59 Å². The summed E-state index contributed by atoms with van der Waals surface area (Å²) in [5.41, 5.74) is 3.29. The Morgan fingerprint density at radius 3 is 2.76 bits per heavy atom. The van der Waals surface area contributed by atoms with Gasteiger partial charge >= 0.3 is 11.7 Å². The molecule has 2 N–H and O–H groups in total. The van der Waals surface area contributed by atoms with Crippen molar-refractivity contribution in [2.75, 3.05) is 25.3 Å². The van der Waals surface area contributed by atoms with Gasteiger partial charge in [0.25, 0.3) is 0 Å². The van der Waals surface area contributed by atoms with Crippen molar-refractivity contribution >= 4 is 23.4 Å². The van der Waals surface area contributed by atoms with Crippen LogP contribution in [0.3, 0.4) is 0 Å². The first-order valence-corrected chi connectivity index (χ1v) is 10.3. The lowest BCUT2D eigenvalue weighted by atomic mass is 9.98. The third kappa shape index (κ3) is 5.67. The van der Waals surface area contributed by atoms with Crippen molar-refractivity contribution in [2.45, 2.75) is 69.6 Å². The Morgan fingerprint density at radius 1 is 1.41 bits per heavy atom. The van der Waals surface area contributed by atoms with E-state index in [4.69, 9.17) is 31.5 Å². The van der Waals surface area contributed by atoms with Gasteiger partial charge in [0.05, 0.1) is 5.88 Å². The zero-order valence-corrected chi connectivity index (χ0v) is 17.6. The molecule has 1 fully saturated rings. The molecule has 1 aromatic rings. The van der Waals surface area contributed by atoms with E-state index < -0.39 is 35.8 Å². The summed E-state index contributed by atoms with van der Waals surface area (Å²) in [6, 6.07) is 1.36. The van der Waals surface area contributed by atoms with Crippen LogP contribution in [0.4, 0.5) is 10.2 Å². The second kappa shape index (κ2) is 10.9. The van der Waals surface area contributed by atoms with Crippen LogP contribution in [-0.2, 0) is 19.0 Å². The number of unbranched alkanes of at least 4 members (excludes halogenated alkanes) is 4. The quantitative estimate of drug-likeness (QED) is 0.325. The minimum Gasteiger partial charge on any atom is -0.462 e. The molecule has 164 valence electrons. The van der Waals surface area contributed by atoms with Gasteiger partial charge in [-0.15, -0.1) is 11.6 Å². The van der Waals surface area contributed by atoms with Crippen LogP contribution in [0.5, 0.6) is 0 Å². The minimum absolute atomic E-state index is 0.0134. The number of alkyl halides is 2. The van der Waals surface area contributed by atoms with E-state index in [1.807, 2.05) is 0 Å². The van der Waals surface area contributed by atoms with Gasteiger partial charge in [-0.2, -0.15) is 4.98 Å². The van der Waals surface area contributed by atoms with Crippen LogP contribution in [0.15, 0.2) is 17.1 Å². The topological polar surface area (TPSA) is 106 Å². The fraction of sp³-hybridized carbons (Fsp3) is 0.737. The molecule has 0 bridgehead atoms. The van der Waals surface area contributed by atoms with Crippen LogP contribution in [0.2, 0.25) is 0 Å². The Morgan fingerprint density at radius 2 is 2.14 bits per heavy atom. The molecule has 2 heterocycles. The molecule has 0 aromatic carbocycles. The Kier molecular flexibility index (Phi) is 8.85. The van der Waals surface area contributed by atoms with Crippen LogP contribution in [0.25, 0.3) is 0 Å². The number of ether oxygens (including phenoxy) is 3. The number of carbonyl (C=O) groups excluding carboxylic acids is 1. The van der Waals surface area contributed by atoms with Crippen molar-refractivity contribution in [3.8, 4) is 0 Å². The van der Waals surface area contributed by atoms with E-state index in [0.717, 1.165) is 36.7 Å². The number of nitrogen functional groups attached to an aromatic ring is 1. The van der Waals surface area contributed by atoms with Crippen molar-refractivity contribution in [3.63, 3.8) is 0 Å². The normalized spacial score (nSPS) is 26.6. The molecule has 1 saturated heterocycles. The molecule has 4 atom stereocenters. The number of methoxy groups -OCH3 is 1. The number of nitrogens with two attached hydrogens (primary N) is 1. The Balaban J connectivity index is 2.05. The summed E-state index contributed by atoms with van der Waals surface area (Å²) in [5.74, 6) is -0.586. The van der Waals surface area contributed by atoms with Crippen molar-refractivity contribution < 1.29 is 23.4 Å². The summed E-state index contributed by atoms with van der Waals surface area (Å²) in [4.78, 5) is 27.8. The Bertz CT molecular complexity index is 734. The van der Waals surface area contributed by atoms with Crippen LogP contribution in [0, 0.1) is 0 Å². The first-order valence-electron chi connectivity index (χ1n) is 9.79. The minimum atomic E-state index is -1.73. The van der Waals surface area contributed by atoms with Crippen molar-refractivity contribution in [1.82, 2.24) is 9.55 Å². The monoisotopic (exact) mass is 433 g/mol. The summed E-state index contributed by atoms with van der Waals surface area (Å²) in [7, 11) is 1.31. The first-order chi connectivity index (χ1) is 13.9. The third-order valence-corrected chi connectivity index (χ3v) is 5.46. The molecule has 0 saturated carbocycles. The van der Waals surface area contributed by atoms with Crippen LogP contribution < -0.4 is 11.4 Å². The largest absolute Gasteiger partial charge is 0.462 e. The van der Waals surface area contributed by atoms with E-state index >= 15 is 4.39 Å². The number of anilines is 1. The maximum Gasteiger partial charge on any atom is 0.351 e. The highest BCUT2D eigenvalue weighted by molar-refractivity contribution is 6.18. The molecule has 2 rings (SSSR count). The molecule has 1 aromatic heterocycles. The van der Waals surface area contributed by atoms with Crippen LogP contribution in [0.1, 0.15) is 51.7 Å². The summed E-state index contributed by atoms with van der Waals surface area (Å²) in [5, 5.41) is 0. The molecule has 0 unspecified atom stereocenters. The molecule has 0 aliphatic carbocycles. The Labute approximate surface area is 174 Å². The zero-order chi connectivity index (χ0) is 21.4. The summed E-state index contributed by atoms with van der Waals surface area (Å²) in [6.07, 6.45) is 2.37. The van der Waals surface area contributed by atoms with Crippen molar-refractivity contribution in [1.29, 1.82) is 0 Å². The van der Waals surface area contributed by atoms with Gasteiger partial charge < -0.3 is 19.9 Å². The Hall–Kier alpha value is -1.71. The lowest BCUT2D eigenvalue weighted by molar-refractivity contribution is -0.164. The van der Waals surface area contributed by atoms with Gasteiger partial charge in [0.1, 0.15) is 24.1 Å². The second-order valence-corrected chi connectivity index (χ2v) is 7.44. The van der Waals surface area contributed by atoms with Gasteiger partial charge in [0.15, 0.2) is 12.4 Å². The number of nitrogens with zero attached hydrogens (tertiary/aromatic N) is 2. The van der Waals surface area contributed by atoms with Gasteiger partial charge in [0.2, 0.25) is 0 Å². The van der Waals surface area contributed by atoms with E-state index in [2.05, 4.69) is 11.9 Å². The van der Waals surface area contributed by atoms with Crippen LogP contribution in [-0.4, -0.2) is 53.0 Å². The van der Waals surface area contributed by atoms with Gasteiger partial charge in [-0.05, 0) is 12.5 Å². The molecule has 1 aliphatic rings. The fourth-order valence-electron chi connectivity index (χ4n) is 3.40. The molecule has 1 aliphatic heterocycles. The molecule has 0 spiro atoms. The predicted molar refractivity (Wildman–Crippen MR) is 107 cm³/mol. The first kappa shape index (κ1) is 23.6. The number of hydrogen-bond donors (Lipinski definition) is 1. The van der Waals surface area contributed by atoms with E-state index in [1.54, 1.807) is 0 Å². The van der Waals surface area contributed by atoms with E-state index in [1.165, 1.54) is 19.4 Å². The molecular formula is C19H29ClFN3O5. The highest BCUT2D eigenvalue weighted by atomic mass is 35.5. The average molecular weight is 434 g/mol. The molecule has 0 radical (unpaired) electrons. The number of carbonyl (C=O) groups is 1. The number of halogens is 2. The molecule has 0 amide bonds. The zero-order valence-electron chi connectivity index (χ0n) is 16.8. The predicted octanol–water partition coefficient (Wildman–Crippen LogP) is 2.59. The third-order valence-electron chi connectivity index (χ3n) is 5.00. The van der Waals surface area contributed by atoms with E-state index in [0.29, 0.717) is 0 Å². The van der Waals surface area contributed by atoms with Crippen LogP contribution >= 0.6 is 11.6 Å². The van der Waals surface area contributed by atoms with Gasteiger partial charge in [-0.1, -0.05) is 32.6 Å².